The van der Waals surface area contributed by atoms with Gasteiger partial charge < -0.3 is 9.30 Å². The van der Waals surface area contributed by atoms with Crippen LogP contribution in [0.3, 0.4) is 0 Å². The summed E-state index contributed by atoms with van der Waals surface area (Å²) in [6, 6.07) is 21.1. The van der Waals surface area contributed by atoms with Crippen molar-refractivity contribution in [2.24, 2.45) is 0 Å². The van der Waals surface area contributed by atoms with Gasteiger partial charge in [0.2, 0.25) is 5.91 Å². The molecule has 3 heterocycles. The summed E-state index contributed by atoms with van der Waals surface area (Å²) in [5, 5.41) is 0. The molecule has 1 amide bonds. The maximum Gasteiger partial charge on any atom is 0.416 e. The van der Waals surface area contributed by atoms with Crippen LogP contribution in [-0.4, -0.2) is 57.8 Å². The monoisotopic (exact) mass is 532 g/mol. The van der Waals surface area contributed by atoms with Gasteiger partial charge in [-0.3, -0.25) is 9.69 Å². The van der Waals surface area contributed by atoms with Gasteiger partial charge in [-0.25, -0.2) is 4.98 Å². The van der Waals surface area contributed by atoms with Crippen molar-refractivity contribution in [1.82, 2.24) is 19.2 Å². The Hall–Kier alpha value is -3.91. The number of imidazole rings is 1. The number of halogens is 3. The Morgan fingerprint density at radius 1 is 0.974 bits per heavy atom. The fraction of sp³-hybridized carbons (Fsp3) is 0.290. The summed E-state index contributed by atoms with van der Waals surface area (Å²) in [7, 11) is 0. The number of amides is 1. The zero-order valence-corrected chi connectivity index (χ0v) is 21.8. The Morgan fingerprint density at radius 2 is 1.72 bits per heavy atom. The second-order valence-electron chi connectivity index (χ2n) is 9.92. The average Bonchev–Trinajstić information content (AvgIpc) is 3.37. The minimum absolute atomic E-state index is 0.0668. The summed E-state index contributed by atoms with van der Waals surface area (Å²) in [5.41, 5.74) is 3.19. The summed E-state index contributed by atoms with van der Waals surface area (Å²) in [4.78, 5) is 22.1. The Morgan fingerprint density at radius 3 is 2.46 bits per heavy atom. The lowest BCUT2D eigenvalue weighted by Crippen LogP contribution is -2.48. The van der Waals surface area contributed by atoms with Crippen LogP contribution in [0.1, 0.15) is 40.4 Å². The van der Waals surface area contributed by atoms with Crippen LogP contribution in [0.15, 0.2) is 85.1 Å². The lowest BCUT2D eigenvalue weighted by Gasteiger charge is -2.35. The van der Waals surface area contributed by atoms with Crippen molar-refractivity contribution in [1.29, 1.82) is 0 Å². The highest BCUT2D eigenvalue weighted by atomic mass is 19.4. The SMILES string of the molecule is Cc1cccc2ncc(C(CC(=O)N3CCN(CC=Cc4ccccc4)CC3)c3cccc(C(F)(F)F)c3)n12. The summed E-state index contributed by atoms with van der Waals surface area (Å²) in [6.45, 7) is 5.38. The Kier molecular flexibility index (Phi) is 7.84. The fourth-order valence-electron chi connectivity index (χ4n) is 5.19. The summed E-state index contributed by atoms with van der Waals surface area (Å²) in [6.07, 6.45) is 1.50. The van der Waals surface area contributed by atoms with Crippen LogP contribution in [0.25, 0.3) is 11.7 Å². The highest BCUT2D eigenvalue weighted by Crippen LogP contribution is 2.35. The summed E-state index contributed by atoms with van der Waals surface area (Å²) in [5.74, 6) is -0.636. The van der Waals surface area contributed by atoms with E-state index in [1.807, 2.05) is 52.6 Å². The van der Waals surface area contributed by atoms with Gasteiger partial charge in [0.15, 0.2) is 0 Å². The van der Waals surface area contributed by atoms with E-state index in [0.717, 1.165) is 43.0 Å². The van der Waals surface area contributed by atoms with Crippen LogP contribution in [0.4, 0.5) is 13.2 Å². The van der Waals surface area contributed by atoms with Crippen molar-refractivity contribution in [2.75, 3.05) is 32.7 Å². The summed E-state index contributed by atoms with van der Waals surface area (Å²) < 4.78 is 42.6. The quantitative estimate of drug-likeness (QED) is 0.291. The highest BCUT2D eigenvalue weighted by Gasteiger charge is 2.33. The van der Waals surface area contributed by atoms with Gasteiger partial charge >= 0.3 is 6.18 Å². The predicted molar refractivity (Wildman–Crippen MR) is 146 cm³/mol. The maximum absolute atomic E-state index is 13.6. The number of benzene rings is 2. The zero-order chi connectivity index (χ0) is 27.4. The standard InChI is InChI=1S/C31H31F3N4O/c1-23-8-5-14-29-35-22-28(38(23)29)27(25-12-6-13-26(20-25)31(32,33)34)21-30(39)37-18-16-36(17-19-37)15-7-11-24-9-3-2-4-10-24/h2-14,20,22,27H,15-19,21H2,1H3. The van der Waals surface area contributed by atoms with E-state index in [9.17, 15) is 18.0 Å². The van der Waals surface area contributed by atoms with E-state index in [-0.39, 0.29) is 12.3 Å². The minimum Gasteiger partial charge on any atom is -0.340 e. The van der Waals surface area contributed by atoms with Gasteiger partial charge in [-0.2, -0.15) is 13.2 Å². The largest absolute Gasteiger partial charge is 0.416 e. The minimum atomic E-state index is -4.47. The first-order chi connectivity index (χ1) is 18.8. The molecule has 1 aliphatic heterocycles. The zero-order valence-electron chi connectivity index (χ0n) is 21.8. The van der Waals surface area contributed by atoms with E-state index in [0.29, 0.717) is 30.0 Å². The van der Waals surface area contributed by atoms with E-state index in [1.165, 1.54) is 6.07 Å². The molecule has 2 aromatic heterocycles. The van der Waals surface area contributed by atoms with Gasteiger partial charge in [-0.05, 0) is 36.2 Å². The van der Waals surface area contributed by atoms with E-state index in [4.69, 9.17) is 0 Å². The Balaban J connectivity index is 1.32. The van der Waals surface area contributed by atoms with Gasteiger partial charge in [0.25, 0.3) is 0 Å². The average molecular weight is 533 g/mol. The number of alkyl halides is 3. The molecule has 0 saturated carbocycles. The number of piperazine rings is 1. The van der Waals surface area contributed by atoms with Gasteiger partial charge in [0.1, 0.15) is 5.65 Å². The molecule has 1 unspecified atom stereocenters. The van der Waals surface area contributed by atoms with E-state index in [2.05, 4.69) is 34.2 Å². The first-order valence-corrected chi connectivity index (χ1v) is 13.1. The third kappa shape index (κ3) is 6.23. The first kappa shape index (κ1) is 26.7. The number of rotatable bonds is 7. The molecule has 5 rings (SSSR count). The molecular formula is C31H31F3N4O. The number of nitrogens with zero attached hydrogens (tertiary/aromatic N) is 4. The van der Waals surface area contributed by atoms with E-state index in [1.54, 1.807) is 12.3 Å². The molecule has 39 heavy (non-hydrogen) atoms. The van der Waals surface area contributed by atoms with Gasteiger partial charge in [0.05, 0.1) is 11.3 Å². The molecule has 5 nitrogen and oxygen atoms in total. The van der Waals surface area contributed by atoms with Crippen molar-refractivity contribution in [3.63, 3.8) is 0 Å². The number of carbonyl (C=O) groups excluding carboxylic acids is 1. The smallest absolute Gasteiger partial charge is 0.340 e. The second-order valence-corrected chi connectivity index (χ2v) is 9.92. The van der Waals surface area contributed by atoms with Crippen LogP contribution >= 0.6 is 0 Å². The first-order valence-electron chi connectivity index (χ1n) is 13.1. The topological polar surface area (TPSA) is 40.9 Å². The highest BCUT2D eigenvalue weighted by molar-refractivity contribution is 5.78. The summed E-state index contributed by atoms with van der Waals surface area (Å²) >= 11 is 0. The number of pyridine rings is 1. The molecule has 8 heteroatoms. The van der Waals surface area contributed by atoms with E-state index < -0.39 is 17.7 Å². The molecule has 4 aromatic rings. The lowest BCUT2D eigenvalue weighted by molar-refractivity contribution is -0.137. The van der Waals surface area contributed by atoms with Crippen LogP contribution < -0.4 is 0 Å². The molecule has 1 saturated heterocycles. The molecule has 0 N–H and O–H groups in total. The molecule has 1 fully saturated rings. The third-order valence-electron chi connectivity index (χ3n) is 7.30. The number of hydrogen-bond acceptors (Lipinski definition) is 3. The Bertz CT molecular complexity index is 1450. The van der Waals surface area contributed by atoms with Crippen LogP contribution in [0.5, 0.6) is 0 Å². The number of aryl methyl sites for hydroxylation is 1. The number of aromatic nitrogens is 2. The molecule has 0 bridgehead atoms. The van der Waals surface area contributed by atoms with Crippen molar-refractivity contribution in [2.45, 2.75) is 25.4 Å². The number of fused-ring (bicyclic) bond motifs is 1. The normalized spacial score (nSPS) is 15.7. The van der Waals surface area contributed by atoms with Crippen LogP contribution in [0, 0.1) is 6.92 Å². The molecule has 1 aliphatic rings. The predicted octanol–water partition coefficient (Wildman–Crippen LogP) is 6.04. The van der Waals surface area contributed by atoms with E-state index >= 15 is 0 Å². The fourth-order valence-corrected chi connectivity index (χ4v) is 5.19. The maximum atomic E-state index is 13.6. The molecule has 1 atom stereocenters. The van der Waals surface area contributed by atoms with Crippen LogP contribution in [0.2, 0.25) is 0 Å². The Labute approximate surface area is 226 Å². The molecule has 0 spiro atoms. The van der Waals surface area contributed by atoms with Crippen LogP contribution in [-0.2, 0) is 11.0 Å². The van der Waals surface area contributed by atoms with Crippen molar-refractivity contribution < 1.29 is 18.0 Å². The van der Waals surface area contributed by atoms with Gasteiger partial charge in [-0.15, -0.1) is 0 Å². The van der Waals surface area contributed by atoms with Gasteiger partial charge in [0, 0.05) is 57.0 Å². The lowest BCUT2D eigenvalue weighted by atomic mass is 9.90. The van der Waals surface area contributed by atoms with Crippen molar-refractivity contribution in [3.05, 3.63) is 113 Å². The van der Waals surface area contributed by atoms with Gasteiger partial charge in [-0.1, -0.05) is 66.7 Å². The third-order valence-corrected chi connectivity index (χ3v) is 7.30. The second kappa shape index (κ2) is 11.5. The molecular weight excluding hydrogens is 501 g/mol. The van der Waals surface area contributed by atoms with Crippen molar-refractivity contribution >= 4 is 17.6 Å². The molecule has 0 aliphatic carbocycles. The number of hydrogen-bond donors (Lipinski definition) is 0. The molecule has 202 valence electrons. The number of carbonyl (C=O) groups is 1. The van der Waals surface area contributed by atoms with Crippen molar-refractivity contribution in [3.8, 4) is 0 Å². The molecule has 0 radical (unpaired) electrons. The molecule has 2 aromatic carbocycles.